The number of aryl methyl sites for hydroxylation is 1. The van der Waals surface area contributed by atoms with Crippen LogP contribution in [0.3, 0.4) is 0 Å². The summed E-state index contributed by atoms with van der Waals surface area (Å²) >= 11 is 0. The molecular weight excluding hydrogens is 378 g/mol. The molecule has 6 heteroatoms. The minimum absolute atomic E-state index is 0.0285. The summed E-state index contributed by atoms with van der Waals surface area (Å²) in [6.45, 7) is 8.25. The van der Waals surface area contributed by atoms with Crippen LogP contribution in [-0.4, -0.2) is 39.1 Å². The number of benzene rings is 2. The molecule has 30 heavy (non-hydrogen) atoms. The van der Waals surface area contributed by atoms with Crippen molar-refractivity contribution in [2.24, 2.45) is 4.99 Å². The van der Waals surface area contributed by atoms with E-state index in [0.29, 0.717) is 13.3 Å². The van der Waals surface area contributed by atoms with Crippen LogP contribution in [0.5, 0.6) is 11.5 Å². The number of ether oxygens (including phenoxy) is 3. The van der Waals surface area contributed by atoms with Gasteiger partial charge in [0.15, 0.2) is 17.5 Å². The molecule has 0 atom stereocenters. The highest BCUT2D eigenvalue weighted by molar-refractivity contribution is 5.79. The smallest absolute Gasteiger partial charge is 0.231 e. The molecule has 0 amide bonds. The summed E-state index contributed by atoms with van der Waals surface area (Å²) in [5.74, 6) is 2.49. The Kier molecular flexibility index (Phi) is 6.43. The summed E-state index contributed by atoms with van der Waals surface area (Å²) in [4.78, 5) is 4.80. The van der Waals surface area contributed by atoms with Crippen molar-refractivity contribution < 1.29 is 14.2 Å². The number of aliphatic imine (C=N–C) groups is 1. The molecule has 2 aromatic rings. The number of nitrogens with zero attached hydrogens (tertiary/aromatic N) is 1. The molecule has 2 aromatic carbocycles. The summed E-state index contributed by atoms with van der Waals surface area (Å²) in [6.07, 6.45) is 1.91. The number of hydrogen-bond acceptors (Lipinski definition) is 4. The normalized spacial score (nSPS) is 17.6. The van der Waals surface area contributed by atoms with Crippen LogP contribution in [0.2, 0.25) is 0 Å². The third kappa shape index (κ3) is 4.70. The van der Waals surface area contributed by atoms with Crippen molar-refractivity contribution >= 4 is 5.96 Å². The van der Waals surface area contributed by atoms with Crippen LogP contribution in [0.25, 0.3) is 0 Å². The van der Waals surface area contributed by atoms with Crippen molar-refractivity contribution in [1.82, 2.24) is 10.6 Å². The van der Waals surface area contributed by atoms with Crippen molar-refractivity contribution in [1.29, 1.82) is 0 Å². The molecule has 0 radical (unpaired) electrons. The van der Waals surface area contributed by atoms with Gasteiger partial charge in [0.25, 0.3) is 0 Å². The maximum absolute atomic E-state index is 5.68. The molecule has 6 nitrogen and oxygen atoms in total. The maximum atomic E-state index is 5.68. The first-order chi connectivity index (χ1) is 14.7. The van der Waals surface area contributed by atoms with Gasteiger partial charge in [0.2, 0.25) is 6.79 Å². The molecule has 2 aliphatic rings. The number of fused-ring (bicyclic) bond motifs is 1. The molecule has 2 aliphatic heterocycles. The molecule has 2 N–H and O–H groups in total. The molecule has 0 unspecified atom stereocenters. The van der Waals surface area contributed by atoms with Crippen LogP contribution >= 0.6 is 0 Å². The van der Waals surface area contributed by atoms with E-state index in [0.717, 1.165) is 56.6 Å². The Bertz CT molecular complexity index is 874. The Balaban J connectivity index is 1.50. The van der Waals surface area contributed by atoms with Crippen molar-refractivity contribution in [3.8, 4) is 11.5 Å². The number of hydrogen-bond donors (Lipinski definition) is 2. The second kappa shape index (κ2) is 9.39. The molecule has 4 rings (SSSR count). The van der Waals surface area contributed by atoms with Crippen LogP contribution in [0, 0.1) is 6.92 Å². The number of nitrogens with one attached hydrogen (secondary N) is 2. The van der Waals surface area contributed by atoms with Crippen molar-refractivity contribution in [3.63, 3.8) is 0 Å². The Morgan fingerprint density at radius 1 is 1.00 bits per heavy atom. The zero-order valence-corrected chi connectivity index (χ0v) is 17.9. The second-order valence-corrected chi connectivity index (χ2v) is 8.00. The third-order valence-electron chi connectivity index (χ3n) is 5.91. The van der Waals surface area contributed by atoms with Gasteiger partial charge in [0, 0.05) is 31.7 Å². The van der Waals surface area contributed by atoms with Crippen LogP contribution in [0.4, 0.5) is 0 Å². The molecule has 1 saturated heterocycles. The second-order valence-electron chi connectivity index (χ2n) is 8.00. The van der Waals surface area contributed by atoms with Gasteiger partial charge in [-0.3, -0.25) is 0 Å². The summed E-state index contributed by atoms with van der Waals surface area (Å²) < 4.78 is 16.8. The van der Waals surface area contributed by atoms with Crippen molar-refractivity contribution in [3.05, 3.63) is 59.2 Å². The predicted molar refractivity (Wildman–Crippen MR) is 118 cm³/mol. The van der Waals surface area contributed by atoms with Crippen molar-refractivity contribution in [2.75, 3.05) is 33.1 Å². The lowest BCUT2D eigenvalue weighted by Crippen LogP contribution is -2.48. The lowest BCUT2D eigenvalue weighted by molar-refractivity contribution is 0.0513. The SMILES string of the molecule is CCNC(=NCc1ccc(C)cc1)NCC1(c2ccc3c(c2)OCO3)CCOCC1. The first-order valence-corrected chi connectivity index (χ1v) is 10.7. The van der Waals surface area contributed by atoms with Gasteiger partial charge in [-0.15, -0.1) is 0 Å². The highest BCUT2D eigenvalue weighted by atomic mass is 16.7. The van der Waals surface area contributed by atoms with Gasteiger partial charge < -0.3 is 24.8 Å². The minimum atomic E-state index is -0.0285. The van der Waals surface area contributed by atoms with E-state index in [1.54, 1.807) is 0 Å². The third-order valence-corrected chi connectivity index (χ3v) is 5.91. The zero-order valence-electron chi connectivity index (χ0n) is 17.9. The van der Waals surface area contributed by atoms with Gasteiger partial charge in [0.1, 0.15) is 0 Å². The fraction of sp³-hybridized carbons (Fsp3) is 0.458. The average Bonchev–Trinajstić information content (AvgIpc) is 3.25. The standard InChI is InChI=1S/C24H31N3O3/c1-3-25-23(26-15-19-6-4-18(2)5-7-19)27-16-24(10-12-28-13-11-24)20-8-9-21-22(14-20)30-17-29-21/h4-9,14H,3,10-13,15-17H2,1-2H3,(H2,25,26,27). The topological polar surface area (TPSA) is 64.1 Å². The summed E-state index contributed by atoms with van der Waals surface area (Å²) in [5.41, 5.74) is 3.70. The quantitative estimate of drug-likeness (QED) is 0.565. The van der Waals surface area contributed by atoms with Crippen LogP contribution in [0.1, 0.15) is 36.5 Å². The highest BCUT2D eigenvalue weighted by Crippen LogP contribution is 2.40. The number of guanidine groups is 1. The summed E-state index contributed by atoms with van der Waals surface area (Å²) in [6, 6.07) is 14.8. The lowest BCUT2D eigenvalue weighted by atomic mass is 9.74. The average molecular weight is 410 g/mol. The first-order valence-electron chi connectivity index (χ1n) is 10.7. The molecule has 0 aliphatic carbocycles. The van der Waals surface area contributed by atoms with E-state index in [2.05, 4.69) is 60.9 Å². The Morgan fingerprint density at radius 3 is 2.53 bits per heavy atom. The fourth-order valence-corrected chi connectivity index (χ4v) is 4.01. The molecule has 0 spiro atoms. The van der Waals surface area contributed by atoms with E-state index in [4.69, 9.17) is 19.2 Å². The van der Waals surface area contributed by atoms with Gasteiger partial charge in [-0.25, -0.2) is 4.99 Å². The Hall–Kier alpha value is -2.73. The Labute approximate surface area is 178 Å². The monoisotopic (exact) mass is 409 g/mol. The number of rotatable bonds is 6. The van der Waals surface area contributed by atoms with Gasteiger partial charge in [-0.2, -0.15) is 0 Å². The van der Waals surface area contributed by atoms with E-state index < -0.39 is 0 Å². The molecule has 160 valence electrons. The Morgan fingerprint density at radius 2 is 1.77 bits per heavy atom. The van der Waals surface area contributed by atoms with Gasteiger partial charge in [-0.05, 0) is 49.9 Å². The molecular formula is C24H31N3O3. The first kappa shape index (κ1) is 20.5. The van der Waals surface area contributed by atoms with Crippen LogP contribution < -0.4 is 20.1 Å². The maximum Gasteiger partial charge on any atom is 0.231 e. The summed E-state index contributed by atoms with van der Waals surface area (Å²) in [5, 5.41) is 6.97. The van der Waals surface area contributed by atoms with E-state index in [9.17, 15) is 0 Å². The van der Waals surface area contributed by atoms with Crippen LogP contribution in [-0.2, 0) is 16.7 Å². The van der Waals surface area contributed by atoms with Gasteiger partial charge >= 0.3 is 0 Å². The van der Waals surface area contributed by atoms with Gasteiger partial charge in [-0.1, -0.05) is 35.9 Å². The molecule has 0 saturated carbocycles. The predicted octanol–water partition coefficient (Wildman–Crippen LogP) is 3.53. The van der Waals surface area contributed by atoms with E-state index in [-0.39, 0.29) is 5.41 Å². The minimum Gasteiger partial charge on any atom is -0.454 e. The molecule has 1 fully saturated rings. The highest BCUT2D eigenvalue weighted by Gasteiger charge is 2.35. The largest absolute Gasteiger partial charge is 0.454 e. The van der Waals surface area contributed by atoms with Crippen molar-refractivity contribution in [2.45, 2.75) is 38.6 Å². The molecule has 0 aromatic heterocycles. The van der Waals surface area contributed by atoms with E-state index >= 15 is 0 Å². The van der Waals surface area contributed by atoms with Crippen LogP contribution in [0.15, 0.2) is 47.5 Å². The summed E-state index contributed by atoms with van der Waals surface area (Å²) in [7, 11) is 0. The fourth-order valence-electron chi connectivity index (χ4n) is 4.01. The molecule has 0 bridgehead atoms. The van der Waals surface area contributed by atoms with E-state index in [1.165, 1.54) is 16.7 Å². The van der Waals surface area contributed by atoms with Gasteiger partial charge in [0.05, 0.1) is 6.54 Å². The zero-order chi connectivity index (χ0) is 20.8. The molecule has 2 heterocycles. The van der Waals surface area contributed by atoms with E-state index in [1.807, 2.05) is 6.07 Å². The lowest BCUT2D eigenvalue weighted by Gasteiger charge is -2.38.